The average molecular weight is 490 g/mol. The molecule has 4 atom stereocenters. The summed E-state index contributed by atoms with van der Waals surface area (Å²) >= 11 is 0. The highest BCUT2D eigenvalue weighted by atomic mass is 16.5. The second-order valence-corrected chi connectivity index (χ2v) is 10.3. The van der Waals surface area contributed by atoms with Crippen molar-refractivity contribution in [2.75, 3.05) is 43.3 Å². The molecule has 188 valence electrons. The third-order valence-electron chi connectivity index (χ3n) is 8.23. The molecule has 4 saturated heterocycles. The highest BCUT2D eigenvalue weighted by Crippen LogP contribution is 2.40. The van der Waals surface area contributed by atoms with E-state index in [1.54, 1.807) is 7.11 Å². The first kappa shape index (κ1) is 22.2. The van der Waals surface area contributed by atoms with Crippen molar-refractivity contribution < 1.29 is 19.3 Å². The van der Waals surface area contributed by atoms with E-state index in [2.05, 4.69) is 15.9 Å². The van der Waals surface area contributed by atoms with Gasteiger partial charge < -0.3 is 29.1 Å². The highest BCUT2D eigenvalue weighted by Gasteiger charge is 2.42. The number of pyridine rings is 1. The third-order valence-corrected chi connectivity index (χ3v) is 8.23. The van der Waals surface area contributed by atoms with Crippen LogP contribution < -0.4 is 14.5 Å². The average Bonchev–Trinajstić information content (AvgIpc) is 3.32. The summed E-state index contributed by atoms with van der Waals surface area (Å²) in [6.45, 7) is 2.82. The monoisotopic (exact) mass is 489 g/mol. The third kappa shape index (κ3) is 3.52. The van der Waals surface area contributed by atoms with Gasteiger partial charge in [0.25, 0.3) is 0 Å². The summed E-state index contributed by atoms with van der Waals surface area (Å²) < 4.78 is 17.1. The van der Waals surface area contributed by atoms with Crippen LogP contribution in [0.2, 0.25) is 0 Å². The molecule has 0 saturated carbocycles. The van der Waals surface area contributed by atoms with Crippen molar-refractivity contribution in [3.05, 3.63) is 35.9 Å². The summed E-state index contributed by atoms with van der Waals surface area (Å²) in [7, 11) is 1.61. The van der Waals surface area contributed by atoms with E-state index in [0.717, 1.165) is 86.1 Å². The van der Waals surface area contributed by atoms with Crippen LogP contribution in [0, 0.1) is 0 Å². The molecular weight excluding hydrogens is 458 g/mol. The SMILES string of the molecule is COc1ccc(-c2ccc3c(N4C5CCC4COC5)nc(N4C5CCC4COC5)nc3n2)cc1CO. The minimum absolute atomic E-state index is 0.0966. The predicted octanol–water partition coefficient (Wildman–Crippen LogP) is 2.93. The lowest BCUT2D eigenvalue weighted by Gasteiger charge is -2.38. The highest BCUT2D eigenvalue weighted by molar-refractivity contribution is 5.90. The predicted molar refractivity (Wildman–Crippen MR) is 135 cm³/mol. The second-order valence-electron chi connectivity index (χ2n) is 10.3. The molecule has 3 aromatic rings. The molecule has 1 N–H and O–H groups in total. The molecule has 1 aromatic carbocycles. The van der Waals surface area contributed by atoms with Crippen LogP contribution in [-0.4, -0.2) is 77.8 Å². The fourth-order valence-electron chi connectivity index (χ4n) is 6.45. The maximum Gasteiger partial charge on any atom is 0.230 e. The summed E-state index contributed by atoms with van der Waals surface area (Å²) in [6, 6.07) is 11.2. The van der Waals surface area contributed by atoms with Crippen LogP contribution in [0.1, 0.15) is 31.2 Å². The Hall–Kier alpha value is -3.01. The molecule has 4 fully saturated rings. The van der Waals surface area contributed by atoms with Gasteiger partial charge in [-0.2, -0.15) is 9.97 Å². The van der Waals surface area contributed by atoms with E-state index in [9.17, 15) is 5.11 Å². The standard InChI is InChI=1S/C27H31N5O4/c1-34-24-9-2-16(10-17(24)11-33)23-8-7-22-25(28-23)29-27(32-20-5-6-21(32)15-36-14-20)30-26(22)31-18-3-4-19(31)13-35-12-18/h2,7-10,18-21,33H,3-6,11-15H2,1H3. The van der Waals surface area contributed by atoms with Gasteiger partial charge in [-0.3, -0.25) is 0 Å². The van der Waals surface area contributed by atoms with Crippen molar-refractivity contribution >= 4 is 22.8 Å². The molecule has 6 heterocycles. The zero-order valence-electron chi connectivity index (χ0n) is 20.5. The van der Waals surface area contributed by atoms with Crippen molar-refractivity contribution in [1.82, 2.24) is 15.0 Å². The number of methoxy groups -OCH3 is 1. The molecule has 9 heteroatoms. The van der Waals surface area contributed by atoms with E-state index in [1.165, 1.54) is 0 Å². The molecule has 0 amide bonds. The van der Waals surface area contributed by atoms with Crippen LogP contribution in [-0.2, 0) is 16.1 Å². The van der Waals surface area contributed by atoms with Crippen LogP contribution in [0.3, 0.4) is 0 Å². The molecule has 0 radical (unpaired) electrons. The Labute approximate surface area is 210 Å². The molecule has 4 bridgehead atoms. The largest absolute Gasteiger partial charge is 0.496 e. The van der Waals surface area contributed by atoms with E-state index in [1.807, 2.05) is 24.3 Å². The Bertz CT molecular complexity index is 1270. The van der Waals surface area contributed by atoms with Crippen molar-refractivity contribution in [3.63, 3.8) is 0 Å². The Morgan fingerprint density at radius 1 is 0.861 bits per heavy atom. The Kier molecular flexibility index (Phi) is 5.45. The maximum atomic E-state index is 9.81. The van der Waals surface area contributed by atoms with Crippen LogP contribution in [0.25, 0.3) is 22.3 Å². The van der Waals surface area contributed by atoms with Gasteiger partial charge in [-0.25, -0.2) is 4.98 Å². The minimum atomic E-state index is -0.0966. The molecule has 9 nitrogen and oxygen atoms in total. The number of morpholine rings is 2. The number of hydrogen-bond acceptors (Lipinski definition) is 9. The molecule has 4 aliphatic rings. The number of ether oxygens (including phenoxy) is 3. The number of anilines is 2. The Balaban J connectivity index is 1.37. The number of aromatic nitrogens is 3. The van der Waals surface area contributed by atoms with Gasteiger partial charge in [0.15, 0.2) is 5.65 Å². The number of rotatable bonds is 5. The zero-order chi connectivity index (χ0) is 24.2. The van der Waals surface area contributed by atoms with E-state index >= 15 is 0 Å². The molecule has 0 spiro atoms. The fourth-order valence-corrected chi connectivity index (χ4v) is 6.45. The molecule has 36 heavy (non-hydrogen) atoms. The molecule has 7 rings (SSSR count). The van der Waals surface area contributed by atoms with Crippen LogP contribution in [0.5, 0.6) is 5.75 Å². The summed E-state index contributed by atoms with van der Waals surface area (Å²) in [6.07, 6.45) is 4.45. The van der Waals surface area contributed by atoms with E-state index in [0.29, 0.717) is 35.6 Å². The van der Waals surface area contributed by atoms with Crippen molar-refractivity contribution in [2.24, 2.45) is 0 Å². The van der Waals surface area contributed by atoms with Gasteiger partial charge >= 0.3 is 0 Å². The van der Waals surface area contributed by atoms with Gasteiger partial charge in [0.2, 0.25) is 5.95 Å². The lowest BCUT2D eigenvalue weighted by Crippen LogP contribution is -2.48. The van der Waals surface area contributed by atoms with E-state index < -0.39 is 0 Å². The fraction of sp³-hybridized carbons (Fsp3) is 0.519. The molecule has 0 aliphatic carbocycles. The number of aliphatic hydroxyl groups excluding tert-OH is 1. The Morgan fingerprint density at radius 2 is 1.53 bits per heavy atom. The van der Waals surface area contributed by atoms with Crippen LogP contribution in [0.4, 0.5) is 11.8 Å². The summed E-state index contributed by atoms with van der Waals surface area (Å²) in [5.74, 6) is 2.40. The van der Waals surface area contributed by atoms with Gasteiger partial charge in [0.05, 0.1) is 75.4 Å². The first-order valence-corrected chi connectivity index (χ1v) is 12.9. The lowest BCUT2D eigenvalue weighted by molar-refractivity contribution is 0.0889. The first-order chi connectivity index (χ1) is 17.7. The number of nitrogens with zero attached hydrogens (tertiary/aromatic N) is 5. The van der Waals surface area contributed by atoms with Gasteiger partial charge in [-0.1, -0.05) is 0 Å². The first-order valence-electron chi connectivity index (χ1n) is 12.9. The zero-order valence-corrected chi connectivity index (χ0v) is 20.5. The number of fused-ring (bicyclic) bond motifs is 5. The van der Waals surface area contributed by atoms with Crippen LogP contribution in [0.15, 0.2) is 30.3 Å². The normalized spacial score (nSPS) is 27.2. The topological polar surface area (TPSA) is 93.1 Å². The van der Waals surface area contributed by atoms with Gasteiger partial charge in [-0.15, -0.1) is 0 Å². The number of hydrogen-bond donors (Lipinski definition) is 1. The smallest absolute Gasteiger partial charge is 0.230 e. The quantitative estimate of drug-likeness (QED) is 0.581. The molecule has 4 unspecified atom stereocenters. The lowest BCUT2D eigenvalue weighted by atomic mass is 10.1. The van der Waals surface area contributed by atoms with Crippen molar-refractivity contribution in [2.45, 2.75) is 56.5 Å². The molecule has 4 aliphatic heterocycles. The summed E-state index contributed by atoms with van der Waals surface area (Å²) in [5.41, 5.74) is 3.16. The van der Waals surface area contributed by atoms with Gasteiger partial charge in [0.1, 0.15) is 11.6 Å². The van der Waals surface area contributed by atoms with Crippen molar-refractivity contribution in [1.29, 1.82) is 0 Å². The van der Waals surface area contributed by atoms with E-state index in [-0.39, 0.29) is 6.61 Å². The summed E-state index contributed by atoms with van der Waals surface area (Å²) in [5, 5.41) is 10.8. The summed E-state index contributed by atoms with van der Waals surface area (Å²) in [4.78, 5) is 20.2. The van der Waals surface area contributed by atoms with E-state index in [4.69, 9.17) is 29.2 Å². The number of aliphatic hydroxyl groups is 1. The van der Waals surface area contributed by atoms with Gasteiger partial charge in [-0.05, 0) is 56.0 Å². The van der Waals surface area contributed by atoms with Crippen molar-refractivity contribution in [3.8, 4) is 17.0 Å². The van der Waals surface area contributed by atoms with Gasteiger partial charge in [0, 0.05) is 11.1 Å². The number of benzene rings is 1. The maximum absolute atomic E-state index is 9.81. The second kappa shape index (κ2) is 8.83. The van der Waals surface area contributed by atoms with Crippen LogP contribution >= 0.6 is 0 Å². The molecular formula is C27H31N5O4. The Morgan fingerprint density at radius 3 is 2.17 bits per heavy atom. The molecule has 2 aromatic heterocycles. The minimum Gasteiger partial charge on any atom is -0.496 e.